The molecule has 8 heteroatoms. The van der Waals surface area contributed by atoms with Gasteiger partial charge in [-0.15, -0.1) is 0 Å². The second-order valence-electron chi connectivity index (χ2n) is 6.70. The second kappa shape index (κ2) is 9.25. The minimum absolute atomic E-state index is 0.0691. The summed E-state index contributed by atoms with van der Waals surface area (Å²) >= 11 is 1.45. The van der Waals surface area contributed by atoms with E-state index in [1.807, 2.05) is 41.9 Å². The molecule has 0 aliphatic rings. The minimum Gasteiger partial charge on any atom is -0.383 e. The Hall–Kier alpha value is -2.32. The second-order valence-corrected chi connectivity index (χ2v) is 8.00. The topological polar surface area (TPSA) is 74.0 Å². The lowest BCUT2D eigenvalue weighted by Gasteiger charge is -2.16. The van der Waals surface area contributed by atoms with Crippen LogP contribution in [0.5, 0.6) is 0 Å². The van der Waals surface area contributed by atoms with Crippen LogP contribution in [-0.4, -0.2) is 44.2 Å². The van der Waals surface area contributed by atoms with Gasteiger partial charge in [-0.2, -0.15) is 5.10 Å². The van der Waals surface area contributed by atoms with Crippen LogP contribution in [0.25, 0.3) is 11.0 Å². The number of para-hydroxylation sites is 2. The van der Waals surface area contributed by atoms with Crippen molar-refractivity contribution < 1.29 is 9.53 Å². The van der Waals surface area contributed by atoms with Crippen LogP contribution in [0, 0.1) is 0 Å². The summed E-state index contributed by atoms with van der Waals surface area (Å²) in [5.74, 6) is 0.653. The molecule has 7 nitrogen and oxygen atoms in total. The van der Waals surface area contributed by atoms with Crippen LogP contribution < -0.4 is 5.32 Å². The summed E-state index contributed by atoms with van der Waals surface area (Å²) in [6.07, 6.45) is 2.65. The molecule has 1 amide bonds. The first-order chi connectivity index (χ1) is 13.5. The highest BCUT2D eigenvalue weighted by Crippen LogP contribution is 2.28. The van der Waals surface area contributed by atoms with Crippen molar-refractivity contribution in [2.45, 2.75) is 50.2 Å². The van der Waals surface area contributed by atoms with Crippen LogP contribution in [-0.2, 0) is 16.1 Å². The van der Waals surface area contributed by atoms with E-state index >= 15 is 0 Å². The number of amides is 1. The van der Waals surface area contributed by atoms with Gasteiger partial charge in [-0.3, -0.25) is 4.79 Å². The quantitative estimate of drug-likeness (QED) is 0.549. The summed E-state index contributed by atoms with van der Waals surface area (Å²) in [5, 5.41) is 7.83. The lowest BCUT2D eigenvalue weighted by Crippen LogP contribution is -2.25. The number of thioether (sulfide) groups is 1. The van der Waals surface area contributed by atoms with Crippen LogP contribution in [0.4, 0.5) is 5.82 Å². The first-order valence-corrected chi connectivity index (χ1v) is 10.4. The van der Waals surface area contributed by atoms with Crippen molar-refractivity contribution in [1.29, 1.82) is 0 Å². The molecule has 3 rings (SSSR count). The van der Waals surface area contributed by atoms with Crippen LogP contribution in [0.1, 0.15) is 33.2 Å². The van der Waals surface area contributed by atoms with Gasteiger partial charge in [0.15, 0.2) is 5.16 Å². The summed E-state index contributed by atoms with van der Waals surface area (Å²) in [6, 6.07) is 10.0. The Balaban J connectivity index is 1.76. The van der Waals surface area contributed by atoms with Gasteiger partial charge >= 0.3 is 0 Å². The van der Waals surface area contributed by atoms with Gasteiger partial charge in [0.2, 0.25) is 5.91 Å². The number of hydrogen-bond acceptors (Lipinski definition) is 5. The lowest BCUT2D eigenvalue weighted by atomic mass is 10.3. The molecule has 28 heavy (non-hydrogen) atoms. The van der Waals surface area contributed by atoms with Crippen LogP contribution in [0.3, 0.4) is 0 Å². The predicted octanol–water partition coefficient (Wildman–Crippen LogP) is 3.97. The van der Waals surface area contributed by atoms with Gasteiger partial charge in [-0.25, -0.2) is 9.67 Å². The Labute approximate surface area is 169 Å². The highest BCUT2D eigenvalue weighted by molar-refractivity contribution is 8.00. The zero-order chi connectivity index (χ0) is 20.1. The number of methoxy groups -OCH3 is 1. The van der Waals surface area contributed by atoms with Gasteiger partial charge in [0.05, 0.1) is 35.1 Å². The number of fused-ring (bicyclic) bond motifs is 1. The van der Waals surface area contributed by atoms with E-state index in [0.29, 0.717) is 13.2 Å². The summed E-state index contributed by atoms with van der Waals surface area (Å²) in [4.78, 5) is 17.5. The van der Waals surface area contributed by atoms with Gasteiger partial charge in [0.25, 0.3) is 0 Å². The number of carbonyl (C=O) groups is 1. The maximum Gasteiger partial charge on any atom is 0.238 e. The maximum absolute atomic E-state index is 12.8. The SMILES string of the molecule is CC[C@@H](C)n1nccc1NC(=O)[C@@H](C)Sc1nc2ccccc2n1CCOC. The number of aromatic nitrogens is 4. The molecule has 2 aromatic heterocycles. The van der Waals surface area contributed by atoms with Crippen molar-refractivity contribution in [3.05, 3.63) is 36.5 Å². The molecule has 0 aliphatic heterocycles. The van der Waals surface area contributed by atoms with Gasteiger partial charge in [-0.05, 0) is 32.4 Å². The van der Waals surface area contributed by atoms with E-state index in [4.69, 9.17) is 9.72 Å². The van der Waals surface area contributed by atoms with Gasteiger partial charge in [-0.1, -0.05) is 30.8 Å². The van der Waals surface area contributed by atoms with E-state index in [2.05, 4.69) is 28.8 Å². The molecule has 0 spiro atoms. The Kier molecular flexibility index (Phi) is 6.74. The number of imidazole rings is 1. The third-order valence-electron chi connectivity index (χ3n) is 4.72. The Morgan fingerprint density at radius 2 is 2.07 bits per heavy atom. The number of rotatable bonds is 9. The first kappa shape index (κ1) is 20.4. The zero-order valence-electron chi connectivity index (χ0n) is 16.8. The molecule has 0 saturated heterocycles. The standard InChI is InChI=1S/C20H27N5O2S/c1-5-14(2)25-18(10-11-21-25)23-19(26)15(3)28-20-22-16-8-6-7-9-17(16)24(20)12-13-27-4/h6-11,14-15H,5,12-13H2,1-4H3,(H,23,26)/t14-,15-/m1/s1. The number of nitrogens with zero attached hydrogens (tertiary/aromatic N) is 4. The average molecular weight is 402 g/mol. The zero-order valence-corrected chi connectivity index (χ0v) is 17.6. The largest absolute Gasteiger partial charge is 0.383 e. The van der Waals surface area contributed by atoms with Gasteiger partial charge < -0.3 is 14.6 Å². The molecular formula is C20H27N5O2S. The molecule has 2 heterocycles. The molecule has 2 atom stereocenters. The molecule has 0 saturated carbocycles. The fourth-order valence-electron chi connectivity index (χ4n) is 2.92. The summed E-state index contributed by atoms with van der Waals surface area (Å²) < 4.78 is 9.20. The molecule has 0 bridgehead atoms. The molecule has 0 aliphatic carbocycles. The third kappa shape index (κ3) is 4.39. The third-order valence-corrected chi connectivity index (χ3v) is 5.81. The number of carbonyl (C=O) groups excluding carboxylic acids is 1. The predicted molar refractivity (Wildman–Crippen MR) is 113 cm³/mol. The normalized spacial score (nSPS) is 13.6. The summed E-state index contributed by atoms with van der Waals surface area (Å²) in [6.45, 7) is 7.35. The highest BCUT2D eigenvalue weighted by atomic mass is 32.2. The number of ether oxygens (including phenoxy) is 1. The van der Waals surface area contributed by atoms with Crippen LogP contribution in [0.15, 0.2) is 41.7 Å². The molecule has 150 valence electrons. The molecule has 0 fully saturated rings. The minimum atomic E-state index is -0.307. The molecule has 1 aromatic carbocycles. The fourth-order valence-corrected chi connectivity index (χ4v) is 3.87. The van der Waals surface area contributed by atoms with Crippen molar-refractivity contribution in [2.24, 2.45) is 0 Å². The van der Waals surface area contributed by atoms with Crippen molar-refractivity contribution in [2.75, 3.05) is 19.0 Å². The van der Waals surface area contributed by atoms with Crippen LogP contribution in [0.2, 0.25) is 0 Å². The first-order valence-electron chi connectivity index (χ1n) is 9.50. The fraction of sp³-hybridized carbons (Fsp3) is 0.450. The Morgan fingerprint density at radius 3 is 2.82 bits per heavy atom. The van der Waals surface area contributed by atoms with Crippen LogP contribution >= 0.6 is 11.8 Å². The highest BCUT2D eigenvalue weighted by Gasteiger charge is 2.21. The van der Waals surface area contributed by atoms with E-state index in [0.717, 1.165) is 28.4 Å². The van der Waals surface area contributed by atoms with E-state index in [1.54, 1.807) is 13.3 Å². The van der Waals surface area contributed by atoms with E-state index in [9.17, 15) is 4.79 Å². The molecule has 0 radical (unpaired) electrons. The van der Waals surface area contributed by atoms with E-state index < -0.39 is 0 Å². The van der Waals surface area contributed by atoms with E-state index in [-0.39, 0.29) is 17.2 Å². The molecular weight excluding hydrogens is 374 g/mol. The monoisotopic (exact) mass is 401 g/mol. The molecule has 3 aromatic rings. The Bertz CT molecular complexity index is 936. The number of hydrogen-bond donors (Lipinski definition) is 1. The Morgan fingerprint density at radius 1 is 1.29 bits per heavy atom. The summed E-state index contributed by atoms with van der Waals surface area (Å²) in [7, 11) is 1.68. The smallest absolute Gasteiger partial charge is 0.238 e. The lowest BCUT2D eigenvalue weighted by molar-refractivity contribution is -0.115. The van der Waals surface area contributed by atoms with Crippen molar-refractivity contribution in [3.8, 4) is 0 Å². The van der Waals surface area contributed by atoms with Crippen molar-refractivity contribution in [1.82, 2.24) is 19.3 Å². The number of nitrogens with one attached hydrogen (secondary N) is 1. The van der Waals surface area contributed by atoms with E-state index in [1.165, 1.54) is 11.8 Å². The van der Waals surface area contributed by atoms with Crippen molar-refractivity contribution >= 4 is 34.5 Å². The van der Waals surface area contributed by atoms with Crippen molar-refractivity contribution in [3.63, 3.8) is 0 Å². The maximum atomic E-state index is 12.8. The van der Waals surface area contributed by atoms with Gasteiger partial charge in [0.1, 0.15) is 5.82 Å². The van der Waals surface area contributed by atoms with Gasteiger partial charge in [0, 0.05) is 19.7 Å². The molecule has 1 N–H and O–H groups in total. The summed E-state index contributed by atoms with van der Waals surface area (Å²) in [5.41, 5.74) is 1.97. The number of anilines is 1. The molecule has 0 unspecified atom stereocenters. The number of benzene rings is 1. The average Bonchev–Trinajstić information content (AvgIpc) is 3.29.